The number of nitrogens with zero attached hydrogens (tertiary/aromatic N) is 1. The van der Waals surface area contributed by atoms with Crippen LogP contribution in [-0.2, 0) is 6.42 Å². The summed E-state index contributed by atoms with van der Waals surface area (Å²) in [6.07, 6.45) is 2.19. The Bertz CT molecular complexity index is 581. The Morgan fingerprint density at radius 3 is 2.53 bits per heavy atom. The van der Waals surface area contributed by atoms with Crippen LogP contribution in [0.15, 0.2) is 30.5 Å². The lowest BCUT2D eigenvalue weighted by molar-refractivity contribution is 0.547. The second-order valence-electron chi connectivity index (χ2n) is 4.59. The van der Waals surface area contributed by atoms with Gasteiger partial charge in [-0.3, -0.25) is 4.98 Å². The van der Waals surface area contributed by atoms with Gasteiger partial charge in [-0.05, 0) is 37.1 Å². The molecular weight excluding hydrogens is 312 g/mol. The lowest BCUT2D eigenvalue weighted by atomic mass is 10.0. The number of hydrogen-bond acceptors (Lipinski definition) is 1. The van der Waals surface area contributed by atoms with Crippen molar-refractivity contribution in [1.29, 1.82) is 0 Å². The average Bonchev–Trinajstić information content (AvgIpc) is 2.37. The summed E-state index contributed by atoms with van der Waals surface area (Å²) in [6.45, 7) is 3.57. The van der Waals surface area contributed by atoms with Crippen molar-refractivity contribution in [3.63, 3.8) is 0 Å². The number of halogens is 3. The molecule has 1 nitrogen and oxygen atoms in total. The molecule has 1 unspecified atom stereocenters. The summed E-state index contributed by atoms with van der Waals surface area (Å²) in [5.41, 5.74) is 2.37. The summed E-state index contributed by atoms with van der Waals surface area (Å²) in [6, 6.07) is 6.54. The quantitative estimate of drug-likeness (QED) is 0.748. The van der Waals surface area contributed by atoms with Crippen molar-refractivity contribution < 1.29 is 8.78 Å². The molecule has 0 amide bonds. The molecule has 2 aromatic rings. The minimum Gasteiger partial charge on any atom is -0.261 e. The van der Waals surface area contributed by atoms with Crippen LogP contribution in [0.3, 0.4) is 0 Å². The molecule has 0 N–H and O–H groups in total. The summed E-state index contributed by atoms with van der Waals surface area (Å²) in [7, 11) is 0. The zero-order valence-corrected chi connectivity index (χ0v) is 12.3. The number of aromatic nitrogens is 1. The van der Waals surface area contributed by atoms with E-state index in [0.717, 1.165) is 11.3 Å². The number of benzene rings is 1. The van der Waals surface area contributed by atoms with Crippen molar-refractivity contribution >= 4 is 15.9 Å². The van der Waals surface area contributed by atoms with Gasteiger partial charge in [-0.1, -0.05) is 28.1 Å². The third-order valence-corrected chi connectivity index (χ3v) is 3.78. The summed E-state index contributed by atoms with van der Waals surface area (Å²) < 4.78 is 27.7. The summed E-state index contributed by atoms with van der Waals surface area (Å²) >= 11 is 3.36. The summed E-state index contributed by atoms with van der Waals surface area (Å²) in [5.74, 6) is -1.02. The molecule has 1 atom stereocenters. The summed E-state index contributed by atoms with van der Waals surface area (Å²) in [4.78, 5) is 3.82. The fourth-order valence-corrected chi connectivity index (χ4v) is 2.62. The molecular formula is C15H14BrF2N. The van der Waals surface area contributed by atoms with Crippen molar-refractivity contribution in [3.8, 4) is 0 Å². The van der Waals surface area contributed by atoms with E-state index in [1.807, 2.05) is 19.1 Å². The average molecular weight is 326 g/mol. The molecule has 1 aromatic carbocycles. The highest BCUT2D eigenvalue weighted by molar-refractivity contribution is 9.09. The van der Waals surface area contributed by atoms with E-state index in [1.165, 1.54) is 12.1 Å². The normalized spacial score (nSPS) is 12.5. The SMILES string of the molecule is Cc1ccc(CC(Br)c2c(F)ccc(C)c2F)nc1. The number of hydrogen-bond donors (Lipinski definition) is 0. The number of rotatable bonds is 3. The van der Waals surface area contributed by atoms with Crippen LogP contribution in [0.1, 0.15) is 27.2 Å². The number of aryl methyl sites for hydroxylation is 2. The van der Waals surface area contributed by atoms with Gasteiger partial charge in [0, 0.05) is 23.9 Å². The zero-order chi connectivity index (χ0) is 14.0. The minimum absolute atomic E-state index is 0.0716. The Kier molecular flexibility index (Phi) is 4.30. The topological polar surface area (TPSA) is 12.9 Å². The van der Waals surface area contributed by atoms with Crippen LogP contribution >= 0.6 is 15.9 Å². The highest BCUT2D eigenvalue weighted by Crippen LogP contribution is 2.32. The Hall–Kier alpha value is -1.29. The Morgan fingerprint density at radius 2 is 1.89 bits per heavy atom. The van der Waals surface area contributed by atoms with E-state index in [-0.39, 0.29) is 5.56 Å². The van der Waals surface area contributed by atoms with E-state index in [2.05, 4.69) is 20.9 Å². The minimum atomic E-state index is -0.530. The number of alkyl halides is 1. The van der Waals surface area contributed by atoms with E-state index in [0.29, 0.717) is 12.0 Å². The smallest absolute Gasteiger partial charge is 0.133 e. The first-order valence-electron chi connectivity index (χ1n) is 5.99. The van der Waals surface area contributed by atoms with Crippen LogP contribution in [0.5, 0.6) is 0 Å². The fraction of sp³-hybridized carbons (Fsp3) is 0.267. The van der Waals surface area contributed by atoms with Gasteiger partial charge in [0.2, 0.25) is 0 Å². The molecule has 0 saturated carbocycles. The molecule has 0 spiro atoms. The first-order valence-corrected chi connectivity index (χ1v) is 6.90. The first-order chi connectivity index (χ1) is 8.99. The van der Waals surface area contributed by atoms with Gasteiger partial charge < -0.3 is 0 Å². The van der Waals surface area contributed by atoms with Crippen LogP contribution in [0.4, 0.5) is 8.78 Å². The molecule has 0 fully saturated rings. The van der Waals surface area contributed by atoms with Gasteiger partial charge >= 0.3 is 0 Å². The first kappa shape index (κ1) is 14.1. The molecule has 100 valence electrons. The Balaban J connectivity index is 2.27. The van der Waals surface area contributed by atoms with E-state index in [4.69, 9.17) is 0 Å². The van der Waals surface area contributed by atoms with E-state index < -0.39 is 16.5 Å². The van der Waals surface area contributed by atoms with Crippen LogP contribution in [0.25, 0.3) is 0 Å². The van der Waals surface area contributed by atoms with Crippen LogP contribution < -0.4 is 0 Å². The van der Waals surface area contributed by atoms with Gasteiger partial charge in [0.25, 0.3) is 0 Å². The third kappa shape index (κ3) is 3.18. The van der Waals surface area contributed by atoms with E-state index >= 15 is 0 Å². The maximum absolute atomic E-state index is 14.0. The standard InChI is InChI=1S/C15H14BrF2N/c1-9-3-5-11(19-8-9)7-12(16)14-13(17)6-4-10(2)15(14)18/h3-6,8,12H,7H2,1-2H3. The van der Waals surface area contributed by atoms with Gasteiger partial charge in [-0.15, -0.1) is 0 Å². The van der Waals surface area contributed by atoms with Gasteiger partial charge in [0.1, 0.15) is 11.6 Å². The van der Waals surface area contributed by atoms with Gasteiger partial charge in [-0.2, -0.15) is 0 Å². The lowest BCUT2D eigenvalue weighted by Gasteiger charge is -2.13. The Labute approximate surface area is 119 Å². The molecule has 1 heterocycles. The van der Waals surface area contributed by atoms with Crippen LogP contribution in [-0.4, -0.2) is 4.98 Å². The molecule has 0 aliphatic carbocycles. The van der Waals surface area contributed by atoms with E-state index in [9.17, 15) is 8.78 Å². The number of pyridine rings is 1. The molecule has 4 heteroatoms. The molecule has 0 aliphatic rings. The molecule has 0 aliphatic heterocycles. The Morgan fingerprint density at radius 1 is 1.16 bits per heavy atom. The summed E-state index contributed by atoms with van der Waals surface area (Å²) in [5, 5.41) is 0. The maximum atomic E-state index is 14.0. The van der Waals surface area contributed by atoms with Crippen molar-refractivity contribution in [3.05, 3.63) is 64.5 Å². The maximum Gasteiger partial charge on any atom is 0.133 e. The molecule has 2 rings (SSSR count). The second kappa shape index (κ2) is 5.78. The highest BCUT2D eigenvalue weighted by atomic mass is 79.9. The zero-order valence-electron chi connectivity index (χ0n) is 10.8. The lowest BCUT2D eigenvalue weighted by Crippen LogP contribution is -2.05. The largest absolute Gasteiger partial charge is 0.261 e. The van der Waals surface area contributed by atoms with E-state index in [1.54, 1.807) is 13.1 Å². The highest BCUT2D eigenvalue weighted by Gasteiger charge is 2.20. The molecule has 0 radical (unpaired) electrons. The monoisotopic (exact) mass is 325 g/mol. The van der Waals surface area contributed by atoms with Gasteiger partial charge in [-0.25, -0.2) is 8.78 Å². The van der Waals surface area contributed by atoms with Crippen LogP contribution in [0.2, 0.25) is 0 Å². The molecule has 0 saturated heterocycles. The molecule has 19 heavy (non-hydrogen) atoms. The van der Waals surface area contributed by atoms with Crippen molar-refractivity contribution in [2.75, 3.05) is 0 Å². The molecule has 0 bridgehead atoms. The van der Waals surface area contributed by atoms with Gasteiger partial charge in [0.05, 0.1) is 4.83 Å². The van der Waals surface area contributed by atoms with Crippen molar-refractivity contribution in [1.82, 2.24) is 4.98 Å². The van der Waals surface area contributed by atoms with Crippen LogP contribution in [0, 0.1) is 25.5 Å². The fourth-order valence-electron chi connectivity index (χ4n) is 1.87. The predicted molar refractivity (Wildman–Crippen MR) is 75.4 cm³/mol. The van der Waals surface area contributed by atoms with Crippen molar-refractivity contribution in [2.24, 2.45) is 0 Å². The van der Waals surface area contributed by atoms with Gasteiger partial charge in [0.15, 0.2) is 0 Å². The third-order valence-electron chi connectivity index (χ3n) is 2.99. The second-order valence-corrected chi connectivity index (χ2v) is 5.70. The van der Waals surface area contributed by atoms with Crippen molar-refractivity contribution in [2.45, 2.75) is 25.1 Å². The predicted octanol–water partition coefficient (Wildman–Crippen LogP) is 4.66. The molecule has 1 aromatic heterocycles.